The van der Waals surface area contributed by atoms with Gasteiger partial charge in [-0.3, -0.25) is 4.79 Å². The van der Waals surface area contributed by atoms with Gasteiger partial charge in [-0.2, -0.15) is 0 Å². The summed E-state index contributed by atoms with van der Waals surface area (Å²) in [7, 11) is 0. The summed E-state index contributed by atoms with van der Waals surface area (Å²) in [5.41, 5.74) is 2.47. The number of rotatable bonds is 4. The van der Waals surface area contributed by atoms with E-state index in [0.29, 0.717) is 5.91 Å². The van der Waals surface area contributed by atoms with Crippen LogP contribution in [0.15, 0.2) is 24.3 Å². The molecule has 1 saturated heterocycles. The zero-order valence-corrected chi connectivity index (χ0v) is 12.0. The number of hydrogen-bond donors (Lipinski definition) is 1. The van der Waals surface area contributed by atoms with Gasteiger partial charge in [0.25, 0.3) is 0 Å². The average molecular weight is 260 g/mol. The summed E-state index contributed by atoms with van der Waals surface area (Å²) in [6.45, 7) is 7.55. The summed E-state index contributed by atoms with van der Waals surface area (Å²) in [4.78, 5) is 14.5. The van der Waals surface area contributed by atoms with Crippen LogP contribution in [0.3, 0.4) is 0 Å². The number of carbonyl (C=O) groups is 1. The Balaban J connectivity index is 2.00. The van der Waals surface area contributed by atoms with Crippen molar-refractivity contribution in [2.75, 3.05) is 19.6 Å². The Morgan fingerprint density at radius 2 is 2.32 bits per heavy atom. The predicted octanol–water partition coefficient (Wildman–Crippen LogP) is 2.34. The fourth-order valence-corrected chi connectivity index (χ4v) is 2.70. The normalized spacial score (nSPS) is 19.2. The standard InChI is InChI=1S/C16H24N2O/c1-3-18(12-14-7-4-6-13(2)10-14)16(19)15-8-5-9-17-11-15/h4,6-7,10,15,17H,3,5,8-9,11-12H2,1-2H3/t15-/m1/s1. The third-order valence-corrected chi connectivity index (χ3v) is 3.80. The minimum absolute atomic E-state index is 0.165. The zero-order chi connectivity index (χ0) is 13.7. The molecule has 0 aromatic heterocycles. The molecular weight excluding hydrogens is 236 g/mol. The van der Waals surface area contributed by atoms with Gasteiger partial charge in [-0.25, -0.2) is 0 Å². The van der Waals surface area contributed by atoms with Crippen LogP contribution in [0.1, 0.15) is 30.9 Å². The number of nitrogens with zero attached hydrogens (tertiary/aromatic N) is 1. The Labute approximate surface area is 116 Å². The number of carbonyl (C=O) groups excluding carboxylic acids is 1. The maximum absolute atomic E-state index is 12.5. The summed E-state index contributed by atoms with van der Waals surface area (Å²) in [6.07, 6.45) is 2.13. The molecule has 0 radical (unpaired) electrons. The van der Waals surface area contributed by atoms with Crippen molar-refractivity contribution in [3.63, 3.8) is 0 Å². The third-order valence-electron chi connectivity index (χ3n) is 3.80. The highest BCUT2D eigenvalue weighted by Crippen LogP contribution is 2.16. The molecule has 1 amide bonds. The van der Waals surface area contributed by atoms with Crippen LogP contribution >= 0.6 is 0 Å². The molecule has 0 bridgehead atoms. The van der Waals surface area contributed by atoms with E-state index in [1.54, 1.807) is 0 Å². The van der Waals surface area contributed by atoms with Gasteiger partial charge >= 0.3 is 0 Å². The number of piperidine rings is 1. The van der Waals surface area contributed by atoms with Crippen molar-refractivity contribution in [3.8, 4) is 0 Å². The molecule has 3 heteroatoms. The van der Waals surface area contributed by atoms with E-state index in [2.05, 4.69) is 43.4 Å². The third kappa shape index (κ3) is 3.80. The summed E-state index contributed by atoms with van der Waals surface area (Å²) in [5.74, 6) is 0.467. The van der Waals surface area contributed by atoms with Crippen molar-refractivity contribution in [2.45, 2.75) is 33.2 Å². The first-order valence-corrected chi connectivity index (χ1v) is 7.25. The first-order valence-electron chi connectivity index (χ1n) is 7.25. The molecule has 104 valence electrons. The van der Waals surface area contributed by atoms with E-state index in [0.717, 1.165) is 39.0 Å². The maximum atomic E-state index is 12.5. The van der Waals surface area contributed by atoms with Gasteiger partial charge in [0, 0.05) is 19.6 Å². The zero-order valence-electron chi connectivity index (χ0n) is 12.0. The number of aryl methyl sites for hydroxylation is 1. The lowest BCUT2D eigenvalue weighted by Gasteiger charge is -2.29. The Bertz CT molecular complexity index is 425. The molecule has 3 nitrogen and oxygen atoms in total. The van der Waals surface area contributed by atoms with Gasteiger partial charge in [-0.15, -0.1) is 0 Å². The summed E-state index contributed by atoms with van der Waals surface area (Å²) in [6, 6.07) is 8.41. The van der Waals surface area contributed by atoms with Crippen molar-refractivity contribution in [1.82, 2.24) is 10.2 Å². The van der Waals surface area contributed by atoms with E-state index in [4.69, 9.17) is 0 Å². The van der Waals surface area contributed by atoms with Gasteiger partial charge in [0.15, 0.2) is 0 Å². The first kappa shape index (κ1) is 14.1. The summed E-state index contributed by atoms with van der Waals surface area (Å²) >= 11 is 0. The van der Waals surface area contributed by atoms with Crippen LogP contribution in [-0.4, -0.2) is 30.4 Å². The van der Waals surface area contributed by atoms with Crippen LogP contribution in [-0.2, 0) is 11.3 Å². The second-order valence-corrected chi connectivity index (χ2v) is 5.38. The molecule has 1 aliphatic heterocycles. The fourth-order valence-electron chi connectivity index (χ4n) is 2.70. The molecule has 1 aromatic rings. The topological polar surface area (TPSA) is 32.3 Å². The number of amides is 1. The second-order valence-electron chi connectivity index (χ2n) is 5.38. The highest BCUT2D eigenvalue weighted by Gasteiger charge is 2.25. The molecule has 1 aromatic carbocycles. The molecule has 1 atom stereocenters. The van der Waals surface area contributed by atoms with Crippen molar-refractivity contribution in [3.05, 3.63) is 35.4 Å². The fraction of sp³-hybridized carbons (Fsp3) is 0.562. The molecule has 19 heavy (non-hydrogen) atoms. The lowest BCUT2D eigenvalue weighted by atomic mass is 9.98. The summed E-state index contributed by atoms with van der Waals surface area (Å²) < 4.78 is 0. The number of benzene rings is 1. The van der Waals surface area contributed by atoms with E-state index in [-0.39, 0.29) is 5.92 Å². The predicted molar refractivity (Wildman–Crippen MR) is 77.9 cm³/mol. The largest absolute Gasteiger partial charge is 0.338 e. The van der Waals surface area contributed by atoms with Gasteiger partial charge in [-0.05, 0) is 38.8 Å². The number of nitrogens with one attached hydrogen (secondary N) is 1. The molecule has 1 fully saturated rings. The van der Waals surface area contributed by atoms with Crippen LogP contribution in [0.5, 0.6) is 0 Å². The molecule has 0 saturated carbocycles. The quantitative estimate of drug-likeness (QED) is 0.901. The smallest absolute Gasteiger partial charge is 0.227 e. The lowest BCUT2D eigenvalue weighted by molar-refractivity contribution is -0.136. The molecule has 1 aliphatic rings. The highest BCUT2D eigenvalue weighted by molar-refractivity contribution is 5.79. The minimum atomic E-state index is 0.165. The molecular formula is C16H24N2O. The molecule has 1 heterocycles. The first-order chi connectivity index (χ1) is 9.20. The Morgan fingerprint density at radius 1 is 1.47 bits per heavy atom. The average Bonchev–Trinajstić information content (AvgIpc) is 2.45. The molecule has 0 unspecified atom stereocenters. The molecule has 0 aliphatic carbocycles. The van der Waals surface area contributed by atoms with Crippen molar-refractivity contribution in [1.29, 1.82) is 0 Å². The van der Waals surface area contributed by atoms with E-state index in [1.807, 2.05) is 4.90 Å². The number of hydrogen-bond acceptors (Lipinski definition) is 2. The maximum Gasteiger partial charge on any atom is 0.227 e. The Kier molecular flexibility index (Phi) is 4.97. The Hall–Kier alpha value is -1.35. The van der Waals surface area contributed by atoms with Crippen LogP contribution in [0, 0.1) is 12.8 Å². The lowest BCUT2D eigenvalue weighted by Crippen LogP contribution is -2.42. The highest BCUT2D eigenvalue weighted by atomic mass is 16.2. The Morgan fingerprint density at radius 3 is 2.95 bits per heavy atom. The second kappa shape index (κ2) is 6.71. The van der Waals surface area contributed by atoms with Gasteiger partial charge in [0.2, 0.25) is 5.91 Å². The van der Waals surface area contributed by atoms with Gasteiger partial charge < -0.3 is 10.2 Å². The van der Waals surface area contributed by atoms with Crippen molar-refractivity contribution in [2.24, 2.45) is 5.92 Å². The van der Waals surface area contributed by atoms with E-state index >= 15 is 0 Å². The van der Waals surface area contributed by atoms with Crippen LogP contribution in [0.25, 0.3) is 0 Å². The van der Waals surface area contributed by atoms with Crippen LogP contribution in [0.2, 0.25) is 0 Å². The van der Waals surface area contributed by atoms with Gasteiger partial charge in [-0.1, -0.05) is 29.8 Å². The van der Waals surface area contributed by atoms with E-state index in [9.17, 15) is 4.79 Å². The molecule has 0 spiro atoms. The monoisotopic (exact) mass is 260 g/mol. The molecule has 1 N–H and O–H groups in total. The van der Waals surface area contributed by atoms with Gasteiger partial charge in [0.05, 0.1) is 5.92 Å². The van der Waals surface area contributed by atoms with E-state index < -0.39 is 0 Å². The van der Waals surface area contributed by atoms with Gasteiger partial charge in [0.1, 0.15) is 0 Å². The van der Waals surface area contributed by atoms with Crippen molar-refractivity contribution < 1.29 is 4.79 Å². The van der Waals surface area contributed by atoms with Crippen LogP contribution < -0.4 is 5.32 Å². The van der Waals surface area contributed by atoms with Crippen molar-refractivity contribution >= 4 is 5.91 Å². The summed E-state index contributed by atoms with van der Waals surface area (Å²) in [5, 5.41) is 3.32. The SMILES string of the molecule is CCN(Cc1cccc(C)c1)C(=O)[C@@H]1CCCNC1. The minimum Gasteiger partial charge on any atom is -0.338 e. The van der Waals surface area contributed by atoms with Crippen LogP contribution in [0.4, 0.5) is 0 Å². The van der Waals surface area contributed by atoms with E-state index in [1.165, 1.54) is 11.1 Å². The molecule has 2 rings (SSSR count).